The molecule has 0 aliphatic rings. The van der Waals surface area contributed by atoms with E-state index >= 15 is 0 Å². The second-order valence-electron chi connectivity index (χ2n) is 6.59. The molecule has 0 unspecified atom stereocenters. The first-order valence-electron chi connectivity index (χ1n) is 7.72. The highest BCUT2D eigenvalue weighted by Gasteiger charge is 2.18. The highest BCUT2D eigenvalue weighted by atomic mass is 32.2. The number of pyridine rings is 1. The molecule has 0 radical (unpaired) electrons. The van der Waals surface area contributed by atoms with Crippen molar-refractivity contribution in [2.24, 2.45) is 0 Å². The summed E-state index contributed by atoms with van der Waals surface area (Å²) in [6.07, 6.45) is 3.01. The van der Waals surface area contributed by atoms with Crippen molar-refractivity contribution in [3.8, 4) is 0 Å². The van der Waals surface area contributed by atoms with Crippen LogP contribution >= 0.6 is 0 Å². The molecule has 0 fully saturated rings. The third-order valence-electron chi connectivity index (χ3n) is 3.66. The van der Waals surface area contributed by atoms with E-state index in [2.05, 4.69) is 31.1 Å². The lowest BCUT2D eigenvalue weighted by atomic mass is 9.87. The molecule has 0 spiro atoms. The Morgan fingerprint density at radius 1 is 1.12 bits per heavy atom. The Bertz CT molecular complexity index is 792. The molecule has 1 aromatic heterocycles. The predicted octanol–water partition coefficient (Wildman–Crippen LogP) is 2.58. The van der Waals surface area contributed by atoms with Gasteiger partial charge in [-0.25, -0.2) is 8.42 Å². The standard InChI is InChI=1S/C18H22N2O3S/c1-18(2,3)15-6-8-16(9-7-15)24(22,23)12-11-20-17(21)14-5-4-10-19-13-14/h4-10,13H,11-12H2,1-3H3,(H,20,21). The van der Waals surface area contributed by atoms with Crippen molar-refractivity contribution in [2.45, 2.75) is 31.1 Å². The number of benzene rings is 1. The molecule has 0 bridgehead atoms. The van der Waals surface area contributed by atoms with Crippen LogP contribution in [0.5, 0.6) is 0 Å². The molecule has 1 amide bonds. The third kappa shape index (κ3) is 4.64. The SMILES string of the molecule is CC(C)(C)c1ccc(S(=O)(=O)CCNC(=O)c2cccnc2)cc1. The molecular formula is C18H22N2O3S. The molecule has 24 heavy (non-hydrogen) atoms. The Balaban J connectivity index is 1.98. The van der Waals surface area contributed by atoms with Crippen molar-refractivity contribution < 1.29 is 13.2 Å². The van der Waals surface area contributed by atoms with Gasteiger partial charge >= 0.3 is 0 Å². The van der Waals surface area contributed by atoms with Crippen molar-refractivity contribution in [2.75, 3.05) is 12.3 Å². The molecule has 1 N–H and O–H groups in total. The summed E-state index contributed by atoms with van der Waals surface area (Å²) in [6, 6.07) is 10.2. The van der Waals surface area contributed by atoms with E-state index in [4.69, 9.17) is 0 Å². The molecule has 5 nitrogen and oxygen atoms in total. The fourth-order valence-electron chi connectivity index (χ4n) is 2.18. The van der Waals surface area contributed by atoms with E-state index < -0.39 is 9.84 Å². The van der Waals surface area contributed by atoms with Gasteiger partial charge in [0.1, 0.15) is 0 Å². The van der Waals surface area contributed by atoms with Crippen LogP contribution in [-0.4, -0.2) is 31.6 Å². The van der Waals surface area contributed by atoms with E-state index in [1.165, 1.54) is 6.20 Å². The Kier molecular flexibility index (Phi) is 5.39. The van der Waals surface area contributed by atoms with Crippen molar-refractivity contribution in [3.63, 3.8) is 0 Å². The summed E-state index contributed by atoms with van der Waals surface area (Å²) in [5.41, 5.74) is 1.45. The maximum absolute atomic E-state index is 12.3. The number of nitrogens with one attached hydrogen (secondary N) is 1. The molecule has 2 aromatic rings. The largest absolute Gasteiger partial charge is 0.351 e. The first-order chi connectivity index (χ1) is 11.2. The van der Waals surface area contributed by atoms with E-state index in [1.807, 2.05) is 12.1 Å². The first-order valence-corrected chi connectivity index (χ1v) is 9.37. The monoisotopic (exact) mass is 346 g/mol. The van der Waals surface area contributed by atoms with Gasteiger partial charge in [-0.3, -0.25) is 9.78 Å². The van der Waals surface area contributed by atoms with E-state index in [0.717, 1.165) is 5.56 Å². The van der Waals surface area contributed by atoms with Gasteiger partial charge in [-0.1, -0.05) is 32.9 Å². The molecular weight excluding hydrogens is 324 g/mol. The Hall–Kier alpha value is -2.21. The molecule has 0 aliphatic heterocycles. The molecule has 1 aromatic carbocycles. The lowest BCUT2D eigenvalue weighted by Crippen LogP contribution is -2.29. The van der Waals surface area contributed by atoms with Gasteiger partial charge in [0.2, 0.25) is 0 Å². The van der Waals surface area contributed by atoms with E-state index in [1.54, 1.807) is 30.5 Å². The highest BCUT2D eigenvalue weighted by molar-refractivity contribution is 7.91. The summed E-state index contributed by atoms with van der Waals surface area (Å²) in [7, 11) is -3.43. The number of sulfone groups is 1. The second-order valence-corrected chi connectivity index (χ2v) is 8.70. The maximum atomic E-state index is 12.3. The smallest absolute Gasteiger partial charge is 0.252 e. The fourth-order valence-corrected chi connectivity index (χ4v) is 3.34. The number of hydrogen-bond acceptors (Lipinski definition) is 4. The van der Waals surface area contributed by atoms with Crippen LogP contribution in [0.15, 0.2) is 53.7 Å². The summed E-state index contributed by atoms with van der Waals surface area (Å²) in [6.45, 7) is 6.27. The molecule has 0 saturated heterocycles. The Morgan fingerprint density at radius 2 is 1.79 bits per heavy atom. The van der Waals surface area contributed by atoms with E-state index in [9.17, 15) is 13.2 Å². The molecule has 1 heterocycles. The van der Waals surface area contributed by atoms with Crippen LogP contribution in [0.25, 0.3) is 0 Å². The summed E-state index contributed by atoms with van der Waals surface area (Å²) in [4.78, 5) is 16.0. The van der Waals surface area contributed by atoms with E-state index in [-0.39, 0.29) is 28.5 Å². The zero-order valence-electron chi connectivity index (χ0n) is 14.1. The topological polar surface area (TPSA) is 76.1 Å². The highest BCUT2D eigenvalue weighted by Crippen LogP contribution is 2.23. The average molecular weight is 346 g/mol. The third-order valence-corrected chi connectivity index (χ3v) is 5.39. The van der Waals surface area contributed by atoms with Gasteiger partial charge in [-0.2, -0.15) is 0 Å². The number of carbonyl (C=O) groups excluding carboxylic acids is 1. The van der Waals surface area contributed by atoms with Crippen LogP contribution in [0.4, 0.5) is 0 Å². The summed E-state index contributed by atoms with van der Waals surface area (Å²) in [5.74, 6) is -0.477. The average Bonchev–Trinajstić information content (AvgIpc) is 2.55. The van der Waals surface area contributed by atoms with Gasteiger partial charge in [0, 0.05) is 18.9 Å². The number of nitrogens with zero attached hydrogens (tertiary/aromatic N) is 1. The van der Waals surface area contributed by atoms with Gasteiger partial charge in [0.05, 0.1) is 16.2 Å². The fraction of sp³-hybridized carbons (Fsp3) is 0.333. The van der Waals surface area contributed by atoms with Crippen molar-refractivity contribution in [1.82, 2.24) is 10.3 Å². The number of carbonyl (C=O) groups is 1. The molecule has 2 rings (SSSR count). The van der Waals surface area contributed by atoms with Crippen molar-refractivity contribution >= 4 is 15.7 Å². The minimum atomic E-state index is -3.43. The lowest BCUT2D eigenvalue weighted by Gasteiger charge is -2.19. The van der Waals surface area contributed by atoms with Crippen LogP contribution in [0.3, 0.4) is 0 Å². The van der Waals surface area contributed by atoms with Gasteiger partial charge in [-0.15, -0.1) is 0 Å². The summed E-state index contributed by atoms with van der Waals surface area (Å²) in [5, 5.41) is 2.60. The van der Waals surface area contributed by atoms with Gasteiger partial charge in [-0.05, 0) is 35.2 Å². The number of rotatable bonds is 5. The van der Waals surface area contributed by atoms with Crippen molar-refractivity contribution in [1.29, 1.82) is 0 Å². The zero-order chi connectivity index (χ0) is 17.8. The van der Waals surface area contributed by atoms with Crippen molar-refractivity contribution in [3.05, 3.63) is 59.9 Å². The first kappa shape index (κ1) is 18.1. The van der Waals surface area contributed by atoms with Crippen LogP contribution in [0, 0.1) is 0 Å². The molecule has 0 saturated carbocycles. The predicted molar refractivity (Wildman–Crippen MR) is 93.8 cm³/mol. The van der Waals surface area contributed by atoms with Crippen LogP contribution in [0.1, 0.15) is 36.7 Å². The van der Waals surface area contributed by atoms with E-state index in [0.29, 0.717) is 5.56 Å². The van der Waals surface area contributed by atoms with Crippen LogP contribution in [0.2, 0.25) is 0 Å². The van der Waals surface area contributed by atoms with Crippen LogP contribution < -0.4 is 5.32 Å². The minimum Gasteiger partial charge on any atom is -0.351 e. The Morgan fingerprint density at radius 3 is 2.33 bits per heavy atom. The van der Waals surface area contributed by atoms with Crippen LogP contribution in [-0.2, 0) is 15.3 Å². The second kappa shape index (κ2) is 7.13. The number of amides is 1. The lowest BCUT2D eigenvalue weighted by molar-refractivity contribution is 0.0956. The summed E-state index contributed by atoms with van der Waals surface area (Å²) >= 11 is 0. The quantitative estimate of drug-likeness (QED) is 0.903. The summed E-state index contributed by atoms with van der Waals surface area (Å²) < 4.78 is 24.7. The molecule has 0 aliphatic carbocycles. The normalized spacial score (nSPS) is 12.0. The number of aromatic nitrogens is 1. The molecule has 128 valence electrons. The zero-order valence-corrected chi connectivity index (χ0v) is 14.9. The van der Waals surface area contributed by atoms with Gasteiger partial charge in [0.15, 0.2) is 9.84 Å². The molecule has 0 atom stereocenters. The van der Waals surface area contributed by atoms with Gasteiger partial charge < -0.3 is 5.32 Å². The number of hydrogen-bond donors (Lipinski definition) is 1. The maximum Gasteiger partial charge on any atom is 0.252 e. The van der Waals surface area contributed by atoms with Gasteiger partial charge in [0.25, 0.3) is 5.91 Å². The molecule has 6 heteroatoms. The minimum absolute atomic E-state index is 0.0278. The Labute approximate surface area is 143 Å².